The van der Waals surface area contributed by atoms with Crippen molar-refractivity contribution in [3.63, 3.8) is 0 Å². The lowest BCUT2D eigenvalue weighted by atomic mass is 9.77. The number of rotatable bonds is 5. The number of nitrogens with two attached hydrogens (primary N) is 1. The van der Waals surface area contributed by atoms with Crippen molar-refractivity contribution in [2.45, 2.75) is 44.6 Å². The van der Waals surface area contributed by atoms with Gasteiger partial charge in [0, 0.05) is 28.8 Å². The second kappa shape index (κ2) is 8.82. The molecule has 0 saturated carbocycles. The van der Waals surface area contributed by atoms with Gasteiger partial charge in [-0.1, -0.05) is 13.0 Å². The first-order valence-electron chi connectivity index (χ1n) is 10.1. The number of methoxy groups -OCH3 is 1. The maximum Gasteiger partial charge on any atom is 0.417 e. The largest absolute Gasteiger partial charge is 0.493 e. The Kier molecular flexibility index (Phi) is 6.57. The molecule has 7 nitrogen and oxygen atoms in total. The molecule has 0 radical (unpaired) electrons. The Morgan fingerprint density at radius 2 is 1.88 bits per heavy atom. The van der Waals surface area contributed by atoms with Gasteiger partial charge in [0.05, 0.1) is 7.11 Å². The molecule has 184 valence electrons. The summed E-state index contributed by atoms with van der Waals surface area (Å²) >= 11 is 0. The number of amides is 2. The first kappa shape index (κ1) is 25.3. The molecule has 1 fully saturated rings. The van der Waals surface area contributed by atoms with Crippen LogP contribution in [-0.2, 0) is 9.53 Å². The van der Waals surface area contributed by atoms with E-state index in [9.17, 15) is 31.5 Å². The second-order valence-electron chi connectivity index (χ2n) is 8.18. The number of hydrogen-bond donors (Lipinski definition) is 2. The Labute approximate surface area is 191 Å². The van der Waals surface area contributed by atoms with E-state index >= 15 is 0 Å². The number of primary amides is 1. The van der Waals surface area contributed by atoms with E-state index in [1.54, 1.807) is 0 Å². The Balaban J connectivity index is 2.09. The van der Waals surface area contributed by atoms with Gasteiger partial charge in [-0.2, -0.15) is 17.6 Å². The van der Waals surface area contributed by atoms with Crippen LogP contribution in [0.4, 0.5) is 27.6 Å². The van der Waals surface area contributed by atoms with E-state index in [1.807, 2.05) is 0 Å². The van der Waals surface area contributed by atoms with Gasteiger partial charge < -0.3 is 20.5 Å². The van der Waals surface area contributed by atoms with Crippen molar-refractivity contribution >= 4 is 17.5 Å². The highest BCUT2D eigenvalue weighted by atomic mass is 19.4. The van der Waals surface area contributed by atoms with Crippen molar-refractivity contribution in [2.75, 3.05) is 12.4 Å². The molecular formula is C22H22F5N3O4. The van der Waals surface area contributed by atoms with Crippen LogP contribution in [0.2, 0.25) is 0 Å². The molecule has 1 aliphatic heterocycles. The van der Waals surface area contributed by atoms with E-state index in [-0.39, 0.29) is 16.9 Å². The fourth-order valence-electron chi connectivity index (χ4n) is 4.12. The molecule has 2 aromatic rings. The van der Waals surface area contributed by atoms with Crippen LogP contribution in [-0.4, -0.2) is 41.8 Å². The van der Waals surface area contributed by atoms with Crippen molar-refractivity contribution in [3.8, 4) is 5.75 Å². The average molecular weight is 487 g/mol. The molecule has 4 atom stereocenters. The highest BCUT2D eigenvalue weighted by Gasteiger charge is 2.65. The summed E-state index contributed by atoms with van der Waals surface area (Å²) < 4.78 is 80.3. The first-order chi connectivity index (χ1) is 15.7. The molecule has 1 aromatic heterocycles. The van der Waals surface area contributed by atoms with Gasteiger partial charge in [-0.05, 0) is 32.0 Å². The van der Waals surface area contributed by atoms with Crippen LogP contribution in [0.1, 0.15) is 41.5 Å². The molecule has 0 bridgehead atoms. The van der Waals surface area contributed by atoms with Gasteiger partial charge in [-0.3, -0.25) is 9.59 Å². The molecule has 2 heterocycles. The number of halogens is 5. The monoisotopic (exact) mass is 487 g/mol. The number of benzene rings is 1. The van der Waals surface area contributed by atoms with Gasteiger partial charge >= 0.3 is 6.18 Å². The molecule has 0 spiro atoms. The number of hydrogen-bond acceptors (Lipinski definition) is 5. The van der Waals surface area contributed by atoms with Gasteiger partial charge in [-0.15, -0.1) is 0 Å². The summed E-state index contributed by atoms with van der Waals surface area (Å²) in [6, 6.07) is 4.33. The van der Waals surface area contributed by atoms with E-state index in [0.717, 1.165) is 32.2 Å². The fourth-order valence-corrected chi connectivity index (χ4v) is 4.12. The lowest BCUT2D eigenvalue weighted by Crippen LogP contribution is -2.47. The van der Waals surface area contributed by atoms with E-state index in [4.69, 9.17) is 15.2 Å². The molecule has 1 aliphatic rings. The van der Waals surface area contributed by atoms with Crippen molar-refractivity contribution in [2.24, 2.45) is 11.7 Å². The molecule has 1 saturated heterocycles. The van der Waals surface area contributed by atoms with Crippen molar-refractivity contribution in [3.05, 3.63) is 52.9 Å². The standard InChI is InChI=1S/C22H22F5N3O4/c1-9-7-11(8-14(29-9)19(28)31)30-20(32)18-15(10(2)21(3,34-18)22(25,26)27)12-5-6-13(23)16(24)17(12)33-4/h5-8,10,15,18H,1-4H3,(H2,28,31)(H,29,30,32)/t10-,15-,18+,21+/m1/s1. The number of nitrogens with one attached hydrogen (secondary N) is 1. The zero-order valence-corrected chi connectivity index (χ0v) is 18.6. The number of ether oxygens (including phenoxy) is 2. The summed E-state index contributed by atoms with van der Waals surface area (Å²) in [6.45, 7) is 3.51. The van der Waals surface area contributed by atoms with Crippen LogP contribution in [0.25, 0.3) is 0 Å². The summed E-state index contributed by atoms with van der Waals surface area (Å²) in [5, 5.41) is 2.41. The SMILES string of the molecule is COc1c([C@@H]2[C@@H](C(=O)Nc3cc(C)nc(C(N)=O)c3)O[C@](C)(C(F)(F)F)[C@@H]2C)ccc(F)c1F. The van der Waals surface area contributed by atoms with Gasteiger partial charge in [0.1, 0.15) is 11.8 Å². The minimum atomic E-state index is -4.89. The highest BCUT2D eigenvalue weighted by Crippen LogP contribution is 2.55. The van der Waals surface area contributed by atoms with Crippen LogP contribution >= 0.6 is 0 Å². The molecule has 2 amide bonds. The zero-order valence-electron chi connectivity index (χ0n) is 18.6. The van der Waals surface area contributed by atoms with E-state index in [0.29, 0.717) is 5.69 Å². The van der Waals surface area contributed by atoms with Crippen LogP contribution in [0.3, 0.4) is 0 Å². The van der Waals surface area contributed by atoms with E-state index in [2.05, 4.69) is 10.3 Å². The summed E-state index contributed by atoms with van der Waals surface area (Å²) in [5.74, 6) is -7.93. The third-order valence-electron chi connectivity index (χ3n) is 6.04. The van der Waals surface area contributed by atoms with Crippen LogP contribution in [0, 0.1) is 24.5 Å². The Morgan fingerprint density at radius 1 is 1.24 bits per heavy atom. The number of aromatic nitrogens is 1. The third-order valence-corrected chi connectivity index (χ3v) is 6.04. The summed E-state index contributed by atoms with van der Waals surface area (Å²) in [4.78, 5) is 28.5. The number of anilines is 1. The summed E-state index contributed by atoms with van der Waals surface area (Å²) in [7, 11) is 1.03. The van der Waals surface area contributed by atoms with Gasteiger partial charge in [0.15, 0.2) is 17.2 Å². The van der Waals surface area contributed by atoms with Crippen LogP contribution in [0.5, 0.6) is 5.75 Å². The van der Waals surface area contributed by atoms with E-state index in [1.165, 1.54) is 19.9 Å². The highest BCUT2D eigenvalue weighted by molar-refractivity contribution is 5.97. The molecule has 1 aromatic carbocycles. The Hall–Kier alpha value is -3.28. The van der Waals surface area contributed by atoms with Crippen molar-refractivity contribution in [1.82, 2.24) is 4.98 Å². The predicted molar refractivity (Wildman–Crippen MR) is 110 cm³/mol. The average Bonchev–Trinajstić information content (AvgIpc) is 3.01. The number of aryl methyl sites for hydroxylation is 1. The topological polar surface area (TPSA) is 104 Å². The molecule has 3 N–H and O–H groups in total. The fraction of sp³-hybridized carbons (Fsp3) is 0.409. The third kappa shape index (κ3) is 4.29. The molecule has 34 heavy (non-hydrogen) atoms. The number of carbonyl (C=O) groups excluding carboxylic acids is 2. The van der Waals surface area contributed by atoms with Gasteiger partial charge in [0.25, 0.3) is 11.8 Å². The second-order valence-corrected chi connectivity index (χ2v) is 8.18. The lowest BCUT2D eigenvalue weighted by Gasteiger charge is -2.32. The first-order valence-corrected chi connectivity index (χ1v) is 10.1. The number of pyridine rings is 1. The summed E-state index contributed by atoms with van der Waals surface area (Å²) in [6.07, 6.45) is -6.66. The Bertz CT molecular complexity index is 1140. The van der Waals surface area contributed by atoms with Crippen LogP contribution < -0.4 is 15.8 Å². The van der Waals surface area contributed by atoms with Gasteiger partial charge in [0.2, 0.25) is 5.82 Å². The van der Waals surface area contributed by atoms with Gasteiger partial charge in [-0.25, -0.2) is 9.37 Å². The molecule has 12 heteroatoms. The maximum atomic E-state index is 14.4. The van der Waals surface area contributed by atoms with E-state index < -0.39 is 58.9 Å². The number of carbonyl (C=O) groups is 2. The number of nitrogens with zero attached hydrogens (tertiary/aromatic N) is 1. The van der Waals surface area contributed by atoms with Crippen molar-refractivity contribution in [1.29, 1.82) is 0 Å². The quantitative estimate of drug-likeness (QED) is 0.624. The number of alkyl halides is 3. The molecule has 3 rings (SSSR count). The van der Waals surface area contributed by atoms with Crippen molar-refractivity contribution < 1.29 is 41.0 Å². The maximum absolute atomic E-state index is 14.4. The molecule has 0 aliphatic carbocycles. The normalized spacial score (nSPS) is 24.7. The lowest BCUT2D eigenvalue weighted by molar-refractivity contribution is -0.272. The minimum Gasteiger partial charge on any atom is -0.493 e. The smallest absolute Gasteiger partial charge is 0.417 e. The Morgan fingerprint density at radius 3 is 2.44 bits per heavy atom. The zero-order chi connectivity index (χ0) is 25.6. The predicted octanol–water partition coefficient (Wildman–Crippen LogP) is 3.85. The molecular weight excluding hydrogens is 465 g/mol. The summed E-state index contributed by atoms with van der Waals surface area (Å²) in [5.41, 5.74) is 2.45. The van der Waals surface area contributed by atoms with Crippen LogP contribution in [0.15, 0.2) is 24.3 Å². The molecule has 0 unspecified atom stereocenters. The minimum absolute atomic E-state index is 0.0409.